The maximum absolute atomic E-state index is 12.3. The third kappa shape index (κ3) is 2.85. The van der Waals surface area contributed by atoms with Crippen LogP contribution < -0.4 is 16.4 Å². The average molecular weight is 283 g/mol. The zero-order chi connectivity index (χ0) is 14.9. The summed E-state index contributed by atoms with van der Waals surface area (Å²) in [6, 6.07) is 13.7. The quantitative estimate of drug-likeness (QED) is 0.807. The van der Waals surface area contributed by atoms with Crippen molar-refractivity contribution in [3.05, 3.63) is 42.5 Å². The van der Waals surface area contributed by atoms with E-state index >= 15 is 0 Å². The molecule has 4 heteroatoms. The van der Waals surface area contributed by atoms with Crippen molar-refractivity contribution in [2.45, 2.75) is 25.3 Å². The van der Waals surface area contributed by atoms with Crippen LogP contribution in [-0.4, -0.2) is 18.1 Å². The molecule has 0 saturated heterocycles. The number of hydrogen-bond donors (Lipinski definition) is 3. The van der Waals surface area contributed by atoms with E-state index in [0.29, 0.717) is 12.5 Å². The Morgan fingerprint density at radius 2 is 1.95 bits per heavy atom. The third-order valence-electron chi connectivity index (χ3n) is 4.34. The van der Waals surface area contributed by atoms with Gasteiger partial charge in [-0.2, -0.15) is 0 Å². The van der Waals surface area contributed by atoms with Crippen LogP contribution in [0.2, 0.25) is 0 Å². The molecule has 4 N–H and O–H groups in total. The SMILES string of the molecule is CC(CN)(NC(=O)Nc1cccc2ccccc12)C1CC1. The van der Waals surface area contributed by atoms with E-state index in [4.69, 9.17) is 5.73 Å². The van der Waals surface area contributed by atoms with Gasteiger partial charge in [0.1, 0.15) is 0 Å². The molecule has 1 atom stereocenters. The van der Waals surface area contributed by atoms with Crippen LogP contribution in [0.4, 0.5) is 10.5 Å². The fourth-order valence-corrected chi connectivity index (χ4v) is 2.79. The third-order valence-corrected chi connectivity index (χ3v) is 4.34. The number of carbonyl (C=O) groups excluding carboxylic acids is 1. The van der Waals surface area contributed by atoms with E-state index in [-0.39, 0.29) is 11.6 Å². The van der Waals surface area contributed by atoms with Gasteiger partial charge in [-0.05, 0) is 37.1 Å². The highest BCUT2D eigenvalue weighted by Gasteiger charge is 2.41. The predicted molar refractivity (Wildman–Crippen MR) is 86.3 cm³/mol. The van der Waals surface area contributed by atoms with Gasteiger partial charge in [-0.1, -0.05) is 36.4 Å². The topological polar surface area (TPSA) is 67.1 Å². The molecule has 1 unspecified atom stereocenters. The fourth-order valence-electron chi connectivity index (χ4n) is 2.79. The molecular weight excluding hydrogens is 262 g/mol. The van der Waals surface area contributed by atoms with Gasteiger partial charge >= 0.3 is 6.03 Å². The fraction of sp³-hybridized carbons (Fsp3) is 0.353. The van der Waals surface area contributed by atoms with Gasteiger partial charge in [-0.25, -0.2) is 4.79 Å². The Morgan fingerprint density at radius 3 is 2.67 bits per heavy atom. The minimum Gasteiger partial charge on any atom is -0.331 e. The number of anilines is 1. The maximum atomic E-state index is 12.3. The first-order valence-corrected chi connectivity index (χ1v) is 7.39. The van der Waals surface area contributed by atoms with Crippen molar-refractivity contribution in [1.29, 1.82) is 0 Å². The van der Waals surface area contributed by atoms with Crippen molar-refractivity contribution in [1.82, 2.24) is 5.32 Å². The number of carbonyl (C=O) groups is 1. The summed E-state index contributed by atoms with van der Waals surface area (Å²) in [6.07, 6.45) is 2.28. The number of nitrogens with two attached hydrogens (primary N) is 1. The van der Waals surface area contributed by atoms with Crippen LogP contribution in [0.25, 0.3) is 10.8 Å². The van der Waals surface area contributed by atoms with Crippen molar-refractivity contribution in [3.8, 4) is 0 Å². The second-order valence-electron chi connectivity index (χ2n) is 6.00. The molecule has 1 aliphatic carbocycles. The lowest BCUT2D eigenvalue weighted by Gasteiger charge is -2.29. The second kappa shape index (κ2) is 5.37. The number of rotatable bonds is 4. The summed E-state index contributed by atoms with van der Waals surface area (Å²) in [5.74, 6) is 0.501. The molecule has 2 amide bonds. The Morgan fingerprint density at radius 1 is 1.24 bits per heavy atom. The van der Waals surface area contributed by atoms with Gasteiger partial charge in [0.2, 0.25) is 0 Å². The first-order chi connectivity index (χ1) is 10.1. The molecule has 0 radical (unpaired) electrons. The number of urea groups is 1. The van der Waals surface area contributed by atoms with Crippen LogP contribution in [0.5, 0.6) is 0 Å². The molecule has 0 bridgehead atoms. The summed E-state index contributed by atoms with van der Waals surface area (Å²) in [5.41, 5.74) is 6.35. The van der Waals surface area contributed by atoms with Gasteiger partial charge in [0.25, 0.3) is 0 Å². The summed E-state index contributed by atoms with van der Waals surface area (Å²) >= 11 is 0. The molecular formula is C17H21N3O. The van der Waals surface area contributed by atoms with E-state index in [2.05, 4.69) is 10.6 Å². The van der Waals surface area contributed by atoms with Crippen molar-refractivity contribution in [3.63, 3.8) is 0 Å². The van der Waals surface area contributed by atoms with Gasteiger partial charge in [-0.15, -0.1) is 0 Å². The lowest BCUT2D eigenvalue weighted by Crippen LogP contribution is -2.54. The van der Waals surface area contributed by atoms with Crippen LogP contribution in [0.3, 0.4) is 0 Å². The minimum absolute atomic E-state index is 0.189. The molecule has 21 heavy (non-hydrogen) atoms. The minimum atomic E-state index is -0.311. The number of benzene rings is 2. The molecule has 2 aromatic carbocycles. The van der Waals surface area contributed by atoms with Crippen LogP contribution in [-0.2, 0) is 0 Å². The molecule has 0 aromatic heterocycles. The maximum Gasteiger partial charge on any atom is 0.319 e. The van der Waals surface area contributed by atoms with E-state index in [1.807, 2.05) is 49.4 Å². The van der Waals surface area contributed by atoms with Crippen molar-refractivity contribution in [2.75, 3.05) is 11.9 Å². The Kier molecular flexibility index (Phi) is 3.55. The molecule has 110 valence electrons. The summed E-state index contributed by atoms with van der Waals surface area (Å²) < 4.78 is 0. The lowest BCUT2D eigenvalue weighted by atomic mass is 9.96. The molecule has 3 rings (SSSR count). The molecule has 4 nitrogen and oxygen atoms in total. The number of fused-ring (bicyclic) bond motifs is 1. The zero-order valence-corrected chi connectivity index (χ0v) is 12.2. The van der Waals surface area contributed by atoms with Gasteiger partial charge in [0, 0.05) is 11.9 Å². The lowest BCUT2D eigenvalue weighted by molar-refractivity contribution is 0.234. The molecule has 2 aromatic rings. The standard InChI is InChI=1S/C17H21N3O/c1-17(11-18,13-9-10-13)20-16(21)19-15-8-4-6-12-5-2-3-7-14(12)15/h2-8,13H,9-11,18H2,1H3,(H2,19,20,21). The normalized spacial score (nSPS) is 17.2. The summed E-state index contributed by atoms with van der Waals surface area (Å²) in [4.78, 5) is 12.3. The highest BCUT2D eigenvalue weighted by molar-refractivity contribution is 6.01. The summed E-state index contributed by atoms with van der Waals surface area (Å²) in [7, 11) is 0. The molecule has 1 saturated carbocycles. The Balaban J connectivity index is 1.77. The molecule has 1 aliphatic rings. The van der Waals surface area contributed by atoms with E-state index < -0.39 is 0 Å². The summed E-state index contributed by atoms with van der Waals surface area (Å²) in [6.45, 7) is 2.48. The predicted octanol–water partition coefficient (Wildman–Crippen LogP) is 3.09. The Hall–Kier alpha value is -2.07. The van der Waals surface area contributed by atoms with Crippen LogP contribution in [0, 0.1) is 5.92 Å². The number of amides is 2. The second-order valence-corrected chi connectivity index (χ2v) is 6.00. The monoisotopic (exact) mass is 283 g/mol. The zero-order valence-electron chi connectivity index (χ0n) is 12.2. The van der Waals surface area contributed by atoms with E-state index in [1.54, 1.807) is 0 Å². The van der Waals surface area contributed by atoms with E-state index in [9.17, 15) is 4.79 Å². The molecule has 0 spiro atoms. The van der Waals surface area contributed by atoms with Crippen LogP contribution in [0.15, 0.2) is 42.5 Å². The van der Waals surface area contributed by atoms with Gasteiger partial charge in [0.15, 0.2) is 0 Å². The Bertz CT molecular complexity index is 661. The Labute approximate surface area is 124 Å². The molecule has 0 aliphatic heterocycles. The summed E-state index contributed by atoms with van der Waals surface area (Å²) in [5, 5.41) is 8.14. The first-order valence-electron chi connectivity index (χ1n) is 7.39. The van der Waals surface area contributed by atoms with Crippen molar-refractivity contribution < 1.29 is 4.79 Å². The van der Waals surface area contributed by atoms with Gasteiger partial charge < -0.3 is 16.4 Å². The van der Waals surface area contributed by atoms with Crippen LogP contribution in [0.1, 0.15) is 19.8 Å². The van der Waals surface area contributed by atoms with Crippen molar-refractivity contribution >= 4 is 22.5 Å². The highest BCUT2D eigenvalue weighted by Crippen LogP contribution is 2.39. The highest BCUT2D eigenvalue weighted by atomic mass is 16.2. The molecule has 0 heterocycles. The first kappa shape index (κ1) is 13.9. The van der Waals surface area contributed by atoms with Gasteiger partial charge in [0.05, 0.1) is 11.2 Å². The average Bonchev–Trinajstić information content (AvgIpc) is 3.32. The number of nitrogens with one attached hydrogen (secondary N) is 2. The van der Waals surface area contributed by atoms with Crippen molar-refractivity contribution in [2.24, 2.45) is 11.7 Å². The number of hydrogen-bond acceptors (Lipinski definition) is 2. The van der Waals surface area contributed by atoms with Crippen LogP contribution >= 0.6 is 0 Å². The van der Waals surface area contributed by atoms with E-state index in [0.717, 1.165) is 29.3 Å². The molecule has 1 fully saturated rings. The largest absolute Gasteiger partial charge is 0.331 e. The van der Waals surface area contributed by atoms with Gasteiger partial charge in [-0.3, -0.25) is 0 Å². The van der Waals surface area contributed by atoms with E-state index in [1.165, 1.54) is 0 Å². The smallest absolute Gasteiger partial charge is 0.319 e.